The Morgan fingerprint density at radius 2 is 1.92 bits per heavy atom. The molecule has 1 saturated heterocycles. The van der Waals surface area contributed by atoms with Crippen molar-refractivity contribution < 1.29 is 9.53 Å². The summed E-state index contributed by atoms with van der Waals surface area (Å²) < 4.78 is 6.30. The van der Waals surface area contributed by atoms with E-state index in [2.05, 4.69) is 25.2 Å². The van der Waals surface area contributed by atoms with E-state index < -0.39 is 0 Å². The molecule has 4 rings (SSSR count). The molecule has 0 radical (unpaired) electrons. The molecule has 7 nitrogen and oxygen atoms in total. The van der Waals surface area contributed by atoms with Gasteiger partial charge >= 0.3 is 0 Å². The highest BCUT2D eigenvalue weighted by Gasteiger charge is 2.15. The first-order valence-corrected chi connectivity index (χ1v) is 8.43. The van der Waals surface area contributed by atoms with Crippen LogP contribution in [0.25, 0.3) is 10.2 Å². The second kappa shape index (κ2) is 6.50. The Hall–Kier alpha value is -2.58. The normalized spacial score (nSPS) is 14.8. The molecule has 1 N–H and O–H groups in total. The molecule has 122 valence electrons. The first-order valence-electron chi connectivity index (χ1n) is 7.61. The third-order valence-corrected chi connectivity index (χ3v) is 4.71. The van der Waals surface area contributed by atoms with Crippen molar-refractivity contribution in [2.45, 2.75) is 0 Å². The van der Waals surface area contributed by atoms with E-state index in [-0.39, 0.29) is 5.91 Å². The molecule has 1 aliphatic heterocycles. The number of aromatic nitrogens is 3. The van der Waals surface area contributed by atoms with Gasteiger partial charge in [-0.25, -0.2) is 15.0 Å². The molecule has 24 heavy (non-hydrogen) atoms. The topological polar surface area (TPSA) is 80.2 Å². The number of fused-ring (bicyclic) bond motifs is 1. The van der Waals surface area contributed by atoms with E-state index in [1.54, 1.807) is 12.4 Å². The Labute approximate surface area is 142 Å². The summed E-state index contributed by atoms with van der Waals surface area (Å²) in [7, 11) is 0. The zero-order valence-corrected chi connectivity index (χ0v) is 13.6. The summed E-state index contributed by atoms with van der Waals surface area (Å²) in [4.78, 5) is 27.4. The number of carbonyl (C=O) groups is 1. The van der Waals surface area contributed by atoms with Gasteiger partial charge in [0.2, 0.25) is 5.95 Å². The van der Waals surface area contributed by atoms with Gasteiger partial charge in [-0.05, 0) is 12.1 Å². The number of anilines is 2. The molecule has 0 aliphatic carbocycles. The second-order valence-corrected chi connectivity index (χ2v) is 6.34. The van der Waals surface area contributed by atoms with Crippen molar-refractivity contribution in [3.05, 3.63) is 41.7 Å². The maximum absolute atomic E-state index is 12.3. The Morgan fingerprint density at radius 3 is 2.67 bits per heavy atom. The van der Waals surface area contributed by atoms with Crippen LogP contribution >= 0.6 is 11.3 Å². The quantitative estimate of drug-likeness (QED) is 0.786. The Kier molecular flexibility index (Phi) is 4.06. The number of para-hydroxylation sites is 1. The maximum Gasteiger partial charge on any atom is 0.284 e. The van der Waals surface area contributed by atoms with E-state index in [1.165, 1.54) is 11.3 Å². The Balaban J connectivity index is 1.47. The van der Waals surface area contributed by atoms with Crippen LogP contribution < -0.4 is 10.2 Å². The van der Waals surface area contributed by atoms with E-state index >= 15 is 0 Å². The first-order chi connectivity index (χ1) is 11.8. The predicted molar refractivity (Wildman–Crippen MR) is 92.6 cm³/mol. The van der Waals surface area contributed by atoms with E-state index in [0.717, 1.165) is 23.3 Å². The Bertz CT molecular complexity index is 825. The van der Waals surface area contributed by atoms with Crippen molar-refractivity contribution in [1.29, 1.82) is 0 Å². The van der Waals surface area contributed by atoms with E-state index in [0.29, 0.717) is 29.9 Å². The lowest BCUT2D eigenvalue weighted by Gasteiger charge is -2.26. The van der Waals surface area contributed by atoms with Crippen molar-refractivity contribution in [2.75, 3.05) is 36.5 Å². The van der Waals surface area contributed by atoms with E-state index in [9.17, 15) is 4.79 Å². The van der Waals surface area contributed by atoms with Crippen molar-refractivity contribution in [3.8, 4) is 0 Å². The molecule has 1 aliphatic rings. The van der Waals surface area contributed by atoms with Gasteiger partial charge in [0.05, 0.1) is 41.5 Å². The smallest absolute Gasteiger partial charge is 0.284 e. The highest BCUT2D eigenvalue weighted by molar-refractivity contribution is 7.20. The van der Waals surface area contributed by atoms with Crippen LogP contribution in [-0.2, 0) is 4.74 Å². The van der Waals surface area contributed by atoms with Crippen LogP contribution in [-0.4, -0.2) is 47.2 Å². The lowest BCUT2D eigenvalue weighted by Crippen LogP contribution is -2.37. The highest BCUT2D eigenvalue weighted by Crippen LogP contribution is 2.22. The summed E-state index contributed by atoms with van der Waals surface area (Å²) in [6.45, 7) is 2.91. The maximum atomic E-state index is 12.3. The van der Waals surface area contributed by atoms with Crippen molar-refractivity contribution in [1.82, 2.24) is 15.0 Å². The van der Waals surface area contributed by atoms with Gasteiger partial charge in [-0.3, -0.25) is 4.79 Å². The predicted octanol–water partition coefficient (Wildman–Crippen LogP) is 2.18. The largest absolute Gasteiger partial charge is 0.378 e. The number of thiazole rings is 1. The summed E-state index contributed by atoms with van der Waals surface area (Å²) in [5.41, 5.74) is 1.38. The highest BCUT2D eigenvalue weighted by atomic mass is 32.1. The molecule has 0 atom stereocenters. The first kappa shape index (κ1) is 15.0. The van der Waals surface area contributed by atoms with Gasteiger partial charge in [-0.15, -0.1) is 11.3 Å². The molecule has 8 heteroatoms. The zero-order chi connectivity index (χ0) is 16.4. The molecule has 0 unspecified atom stereocenters. The van der Waals surface area contributed by atoms with Crippen LogP contribution in [0.3, 0.4) is 0 Å². The SMILES string of the molecule is O=C(Nc1cnc(N2CCOCC2)nc1)c1nc2ccccc2s1. The third kappa shape index (κ3) is 3.06. The third-order valence-electron chi connectivity index (χ3n) is 3.68. The van der Waals surface area contributed by atoms with Gasteiger partial charge in [-0.1, -0.05) is 12.1 Å². The number of carbonyl (C=O) groups excluding carboxylic acids is 1. The summed E-state index contributed by atoms with van der Waals surface area (Å²) >= 11 is 1.36. The fourth-order valence-electron chi connectivity index (χ4n) is 2.47. The van der Waals surface area contributed by atoms with Gasteiger partial charge in [-0.2, -0.15) is 0 Å². The molecule has 0 saturated carbocycles. The molecular formula is C16H15N5O2S. The second-order valence-electron chi connectivity index (χ2n) is 5.31. The van der Waals surface area contributed by atoms with Crippen LogP contribution in [0.1, 0.15) is 9.80 Å². The number of ether oxygens (including phenoxy) is 1. The van der Waals surface area contributed by atoms with Gasteiger partial charge in [0, 0.05) is 13.1 Å². The van der Waals surface area contributed by atoms with Crippen LogP contribution in [0.15, 0.2) is 36.7 Å². The standard InChI is InChI=1S/C16H15N5O2S/c22-14(15-20-12-3-1-2-4-13(12)24-15)19-11-9-17-16(18-10-11)21-5-7-23-8-6-21/h1-4,9-10H,5-8H2,(H,19,22). The van der Waals surface area contributed by atoms with E-state index in [1.807, 2.05) is 24.3 Å². The summed E-state index contributed by atoms with van der Waals surface area (Å²) in [5.74, 6) is 0.398. The number of hydrogen-bond acceptors (Lipinski definition) is 7. The molecule has 0 bridgehead atoms. The van der Waals surface area contributed by atoms with Gasteiger partial charge in [0.15, 0.2) is 5.01 Å². The fraction of sp³-hybridized carbons (Fsp3) is 0.250. The number of nitrogens with zero attached hydrogens (tertiary/aromatic N) is 4. The van der Waals surface area contributed by atoms with E-state index in [4.69, 9.17) is 4.74 Å². The average molecular weight is 341 g/mol. The number of nitrogens with one attached hydrogen (secondary N) is 1. The number of hydrogen-bond donors (Lipinski definition) is 1. The summed E-state index contributed by atoms with van der Waals surface area (Å²) in [6, 6.07) is 7.68. The summed E-state index contributed by atoms with van der Waals surface area (Å²) in [5, 5.41) is 3.21. The molecule has 0 spiro atoms. The van der Waals surface area contributed by atoms with Gasteiger partial charge in [0.25, 0.3) is 5.91 Å². The molecule has 3 heterocycles. The van der Waals surface area contributed by atoms with Crippen molar-refractivity contribution in [3.63, 3.8) is 0 Å². The lowest BCUT2D eigenvalue weighted by atomic mass is 10.3. The Morgan fingerprint density at radius 1 is 1.17 bits per heavy atom. The molecule has 1 fully saturated rings. The van der Waals surface area contributed by atoms with Crippen LogP contribution in [0.4, 0.5) is 11.6 Å². The summed E-state index contributed by atoms with van der Waals surface area (Å²) in [6.07, 6.45) is 3.23. The molecule has 3 aromatic rings. The number of rotatable bonds is 3. The number of amides is 1. The molecule has 1 amide bonds. The average Bonchev–Trinajstić information content (AvgIpc) is 3.07. The van der Waals surface area contributed by atoms with Crippen LogP contribution in [0.2, 0.25) is 0 Å². The van der Waals surface area contributed by atoms with Crippen molar-refractivity contribution >= 4 is 39.1 Å². The molecular weight excluding hydrogens is 326 g/mol. The molecule has 1 aromatic carbocycles. The van der Waals surface area contributed by atoms with Gasteiger partial charge in [0.1, 0.15) is 0 Å². The molecule has 2 aromatic heterocycles. The van der Waals surface area contributed by atoms with Crippen LogP contribution in [0, 0.1) is 0 Å². The van der Waals surface area contributed by atoms with Crippen LogP contribution in [0.5, 0.6) is 0 Å². The fourth-order valence-corrected chi connectivity index (χ4v) is 3.33. The monoisotopic (exact) mass is 341 g/mol. The minimum absolute atomic E-state index is 0.251. The number of morpholine rings is 1. The zero-order valence-electron chi connectivity index (χ0n) is 12.8. The lowest BCUT2D eigenvalue weighted by molar-refractivity contribution is 0.102. The minimum atomic E-state index is -0.251. The van der Waals surface area contributed by atoms with Gasteiger partial charge < -0.3 is 15.0 Å². The minimum Gasteiger partial charge on any atom is -0.378 e. The number of benzene rings is 1. The van der Waals surface area contributed by atoms with Crippen molar-refractivity contribution in [2.24, 2.45) is 0 Å².